The Kier molecular flexibility index (Phi) is 4.15. The summed E-state index contributed by atoms with van der Waals surface area (Å²) in [6, 6.07) is 6.71. The highest BCUT2D eigenvalue weighted by Crippen LogP contribution is 2.19. The average Bonchev–Trinajstić information content (AvgIpc) is 2.38. The molecule has 20 heavy (non-hydrogen) atoms. The maximum Gasteiger partial charge on any atom is 0.241 e. The highest BCUT2D eigenvalue weighted by Gasteiger charge is 2.20. The Morgan fingerprint density at radius 3 is 2.65 bits per heavy atom. The molecular formula is C14H15FN2O2S. The number of pyridine rings is 1. The summed E-state index contributed by atoms with van der Waals surface area (Å²) in [5, 5.41) is 0. The molecule has 1 aromatic carbocycles. The molecule has 4 nitrogen and oxygen atoms in total. The smallest absolute Gasteiger partial charge is 0.241 e. The van der Waals surface area contributed by atoms with Crippen molar-refractivity contribution in [1.82, 2.24) is 9.71 Å². The van der Waals surface area contributed by atoms with E-state index in [1.165, 1.54) is 12.1 Å². The molecule has 6 heteroatoms. The zero-order valence-electron chi connectivity index (χ0n) is 11.2. The monoisotopic (exact) mass is 294 g/mol. The van der Waals surface area contributed by atoms with Gasteiger partial charge in [-0.2, -0.15) is 0 Å². The van der Waals surface area contributed by atoms with E-state index in [9.17, 15) is 12.8 Å². The molecule has 2 aromatic rings. The summed E-state index contributed by atoms with van der Waals surface area (Å²) < 4.78 is 40.2. The first-order valence-corrected chi connectivity index (χ1v) is 7.57. The van der Waals surface area contributed by atoms with Crippen molar-refractivity contribution in [2.75, 3.05) is 0 Å². The molecule has 0 amide bonds. The second-order valence-corrected chi connectivity index (χ2v) is 6.22. The number of hydrogen-bond acceptors (Lipinski definition) is 3. The molecule has 1 N–H and O–H groups in total. The fourth-order valence-electron chi connectivity index (χ4n) is 1.91. The summed E-state index contributed by atoms with van der Waals surface area (Å²) in [6.45, 7) is 3.29. The van der Waals surface area contributed by atoms with Crippen molar-refractivity contribution < 1.29 is 12.8 Å². The zero-order chi connectivity index (χ0) is 14.8. The molecule has 0 saturated carbocycles. The van der Waals surface area contributed by atoms with E-state index in [0.29, 0.717) is 5.56 Å². The van der Waals surface area contributed by atoms with Crippen molar-refractivity contribution in [2.24, 2.45) is 0 Å². The van der Waals surface area contributed by atoms with Crippen LogP contribution in [0.1, 0.15) is 24.1 Å². The summed E-state index contributed by atoms with van der Waals surface area (Å²) in [5.41, 5.74) is 1.13. The van der Waals surface area contributed by atoms with Gasteiger partial charge in [0.1, 0.15) is 5.82 Å². The number of nitrogens with zero attached hydrogens (tertiary/aromatic N) is 1. The van der Waals surface area contributed by atoms with Gasteiger partial charge in [-0.3, -0.25) is 4.98 Å². The molecule has 1 aromatic heterocycles. The van der Waals surface area contributed by atoms with Gasteiger partial charge in [-0.1, -0.05) is 6.07 Å². The molecule has 0 aliphatic heterocycles. The third kappa shape index (κ3) is 3.20. The number of aromatic nitrogens is 1. The lowest BCUT2D eigenvalue weighted by atomic mass is 10.2. The first-order valence-electron chi connectivity index (χ1n) is 6.08. The third-order valence-corrected chi connectivity index (χ3v) is 4.64. The van der Waals surface area contributed by atoms with E-state index in [2.05, 4.69) is 9.71 Å². The number of aryl methyl sites for hydroxylation is 1. The Bertz CT molecular complexity index is 702. The fraction of sp³-hybridized carbons (Fsp3) is 0.214. The van der Waals surface area contributed by atoms with E-state index in [4.69, 9.17) is 0 Å². The minimum atomic E-state index is -3.70. The van der Waals surface area contributed by atoms with Gasteiger partial charge in [-0.05, 0) is 49.2 Å². The fourth-order valence-corrected chi connectivity index (χ4v) is 3.37. The van der Waals surface area contributed by atoms with Crippen LogP contribution in [-0.4, -0.2) is 13.4 Å². The second kappa shape index (κ2) is 5.68. The van der Waals surface area contributed by atoms with Crippen molar-refractivity contribution in [3.63, 3.8) is 0 Å². The summed E-state index contributed by atoms with van der Waals surface area (Å²) in [7, 11) is -3.70. The van der Waals surface area contributed by atoms with Crippen LogP contribution in [0.5, 0.6) is 0 Å². The van der Waals surface area contributed by atoms with E-state index in [1.54, 1.807) is 38.4 Å². The van der Waals surface area contributed by atoms with Gasteiger partial charge in [-0.15, -0.1) is 0 Å². The van der Waals surface area contributed by atoms with Crippen molar-refractivity contribution in [3.8, 4) is 0 Å². The molecule has 0 saturated heterocycles. The first-order chi connectivity index (χ1) is 9.40. The molecule has 1 heterocycles. The number of nitrogens with one attached hydrogen (secondary N) is 1. The molecule has 0 aliphatic carbocycles. The second-order valence-electron chi connectivity index (χ2n) is 4.54. The average molecular weight is 294 g/mol. The largest absolute Gasteiger partial charge is 0.264 e. The zero-order valence-corrected chi connectivity index (χ0v) is 12.0. The molecule has 0 spiro atoms. The van der Waals surface area contributed by atoms with Crippen molar-refractivity contribution in [3.05, 3.63) is 59.7 Å². The van der Waals surface area contributed by atoms with E-state index < -0.39 is 21.9 Å². The van der Waals surface area contributed by atoms with Crippen LogP contribution in [0.15, 0.2) is 47.6 Å². The molecular weight excluding hydrogens is 279 g/mol. The predicted molar refractivity (Wildman–Crippen MR) is 74.1 cm³/mol. The third-order valence-electron chi connectivity index (χ3n) is 2.94. The van der Waals surface area contributed by atoms with Crippen molar-refractivity contribution >= 4 is 10.0 Å². The standard InChI is InChI=1S/C14H15FN2O2S/c1-10-8-13(15)5-6-14(10)20(18,19)17-11(2)12-4-3-7-16-9-12/h3-9,11,17H,1-2H3. The minimum absolute atomic E-state index is 0.0784. The molecule has 0 bridgehead atoms. The van der Waals surface area contributed by atoms with E-state index in [-0.39, 0.29) is 4.90 Å². The van der Waals surface area contributed by atoms with Gasteiger partial charge in [0.05, 0.1) is 4.90 Å². The van der Waals surface area contributed by atoms with Crippen LogP contribution >= 0.6 is 0 Å². The molecule has 0 radical (unpaired) electrons. The maximum atomic E-state index is 13.0. The van der Waals surface area contributed by atoms with Crippen molar-refractivity contribution in [1.29, 1.82) is 0 Å². The van der Waals surface area contributed by atoms with Crippen LogP contribution in [0, 0.1) is 12.7 Å². The van der Waals surface area contributed by atoms with Crippen LogP contribution < -0.4 is 4.72 Å². The van der Waals surface area contributed by atoms with E-state index >= 15 is 0 Å². The number of halogens is 1. The summed E-state index contributed by atoms with van der Waals surface area (Å²) in [5.74, 6) is -0.457. The first kappa shape index (κ1) is 14.6. The Labute approximate surface area is 117 Å². The van der Waals surface area contributed by atoms with Gasteiger partial charge in [0.25, 0.3) is 0 Å². The number of hydrogen-bond donors (Lipinski definition) is 1. The van der Waals surface area contributed by atoms with Crippen LogP contribution in [0.25, 0.3) is 0 Å². The normalized spacial score (nSPS) is 13.2. The van der Waals surface area contributed by atoms with Crippen molar-refractivity contribution in [2.45, 2.75) is 24.8 Å². The van der Waals surface area contributed by atoms with Crippen LogP contribution in [0.2, 0.25) is 0 Å². The molecule has 1 unspecified atom stereocenters. The molecule has 0 fully saturated rings. The lowest BCUT2D eigenvalue weighted by Crippen LogP contribution is -2.27. The minimum Gasteiger partial charge on any atom is -0.264 e. The van der Waals surface area contributed by atoms with E-state index in [1.807, 2.05) is 0 Å². The predicted octanol–water partition coefficient (Wildman–Crippen LogP) is 2.57. The highest BCUT2D eigenvalue weighted by molar-refractivity contribution is 7.89. The molecule has 0 aliphatic rings. The molecule has 106 valence electrons. The number of benzene rings is 1. The summed E-state index contributed by atoms with van der Waals surface area (Å²) >= 11 is 0. The Hall–Kier alpha value is -1.79. The van der Waals surface area contributed by atoms with Gasteiger partial charge in [-0.25, -0.2) is 17.5 Å². The van der Waals surface area contributed by atoms with E-state index in [0.717, 1.165) is 11.6 Å². The Morgan fingerprint density at radius 1 is 1.30 bits per heavy atom. The lowest BCUT2D eigenvalue weighted by molar-refractivity contribution is 0.565. The quantitative estimate of drug-likeness (QED) is 0.943. The lowest BCUT2D eigenvalue weighted by Gasteiger charge is -2.15. The van der Waals surface area contributed by atoms with Crippen LogP contribution in [0.4, 0.5) is 4.39 Å². The summed E-state index contributed by atoms with van der Waals surface area (Å²) in [4.78, 5) is 4.03. The number of rotatable bonds is 4. The van der Waals surface area contributed by atoms with Crippen LogP contribution in [-0.2, 0) is 10.0 Å². The van der Waals surface area contributed by atoms with Gasteiger partial charge < -0.3 is 0 Å². The molecule has 2 rings (SSSR count). The molecule has 1 atom stereocenters. The Balaban J connectivity index is 2.28. The highest BCUT2D eigenvalue weighted by atomic mass is 32.2. The van der Waals surface area contributed by atoms with Gasteiger partial charge in [0.2, 0.25) is 10.0 Å². The van der Waals surface area contributed by atoms with Gasteiger partial charge >= 0.3 is 0 Å². The number of sulfonamides is 1. The maximum absolute atomic E-state index is 13.0. The van der Waals surface area contributed by atoms with Crippen LogP contribution in [0.3, 0.4) is 0 Å². The topological polar surface area (TPSA) is 59.1 Å². The Morgan fingerprint density at radius 2 is 2.05 bits per heavy atom. The van der Waals surface area contributed by atoms with Gasteiger partial charge in [0, 0.05) is 18.4 Å². The van der Waals surface area contributed by atoms with Gasteiger partial charge in [0.15, 0.2) is 0 Å². The summed E-state index contributed by atoms with van der Waals surface area (Å²) in [6.07, 6.45) is 3.22. The SMILES string of the molecule is Cc1cc(F)ccc1S(=O)(=O)NC(C)c1cccnc1.